The number of hydrogen-bond acceptors (Lipinski definition) is 3. The van der Waals surface area contributed by atoms with Crippen molar-refractivity contribution in [1.29, 1.82) is 0 Å². The highest BCUT2D eigenvalue weighted by Gasteiger charge is 2.14. The second kappa shape index (κ2) is 7.82. The van der Waals surface area contributed by atoms with Gasteiger partial charge in [-0.3, -0.25) is 4.90 Å². The van der Waals surface area contributed by atoms with E-state index < -0.39 is 0 Å². The lowest BCUT2D eigenvalue weighted by Crippen LogP contribution is -2.29. The zero-order valence-electron chi connectivity index (χ0n) is 11.6. The maximum absolute atomic E-state index is 14.2. The summed E-state index contributed by atoms with van der Waals surface area (Å²) in [4.78, 5) is 2.26. The molecule has 0 fully saturated rings. The molecule has 0 radical (unpaired) electrons. The van der Waals surface area contributed by atoms with Gasteiger partial charge in [0.05, 0.1) is 0 Å². The summed E-state index contributed by atoms with van der Waals surface area (Å²) in [5.74, 6) is 0.819. The molecule has 2 N–H and O–H groups in total. The van der Waals surface area contributed by atoms with E-state index in [-0.39, 0.29) is 10.8 Å². The average molecular weight is 300 g/mol. The van der Waals surface area contributed by atoms with E-state index in [9.17, 15) is 4.39 Å². The Morgan fingerprint density at radius 1 is 1.53 bits per heavy atom. The second-order valence-electron chi connectivity index (χ2n) is 4.69. The molecule has 106 valence electrons. The van der Waals surface area contributed by atoms with Crippen molar-refractivity contribution < 1.29 is 4.39 Å². The van der Waals surface area contributed by atoms with Crippen molar-refractivity contribution in [3.05, 3.63) is 35.1 Å². The highest BCUT2D eigenvalue weighted by Crippen LogP contribution is 2.16. The molecule has 0 saturated carbocycles. The lowest BCUT2D eigenvalue weighted by Gasteiger charge is -2.25. The van der Waals surface area contributed by atoms with Crippen LogP contribution in [0, 0.1) is 5.82 Å². The molecule has 2 nitrogen and oxygen atoms in total. The van der Waals surface area contributed by atoms with E-state index in [1.54, 1.807) is 18.2 Å². The maximum atomic E-state index is 14.2. The van der Waals surface area contributed by atoms with Crippen molar-refractivity contribution in [2.24, 2.45) is 5.73 Å². The molecule has 0 aliphatic carbocycles. The van der Waals surface area contributed by atoms with E-state index >= 15 is 0 Å². The molecule has 0 bridgehead atoms. The number of halogens is 1. The molecule has 19 heavy (non-hydrogen) atoms. The predicted octanol–water partition coefficient (Wildman–Crippen LogP) is 3.03. The summed E-state index contributed by atoms with van der Waals surface area (Å²) < 4.78 is 14.2. The number of hydrogen-bond donors (Lipinski definition) is 1. The molecule has 0 aliphatic heterocycles. The fourth-order valence-corrected chi connectivity index (χ4v) is 2.56. The van der Waals surface area contributed by atoms with E-state index in [1.807, 2.05) is 18.8 Å². The normalized spacial score (nSPS) is 12.7. The van der Waals surface area contributed by atoms with E-state index in [2.05, 4.69) is 18.1 Å². The highest BCUT2D eigenvalue weighted by molar-refractivity contribution is 7.98. The Morgan fingerprint density at radius 2 is 2.21 bits per heavy atom. The lowest BCUT2D eigenvalue weighted by atomic mass is 10.1. The van der Waals surface area contributed by atoms with E-state index in [1.165, 1.54) is 0 Å². The largest absolute Gasteiger partial charge is 0.389 e. The predicted molar refractivity (Wildman–Crippen MR) is 86.2 cm³/mol. The molecule has 0 aliphatic rings. The first kappa shape index (κ1) is 16.4. The molecule has 5 heteroatoms. The van der Waals surface area contributed by atoms with Crippen LogP contribution in [0.2, 0.25) is 0 Å². The number of nitrogens with two attached hydrogens (primary N) is 1. The maximum Gasteiger partial charge on any atom is 0.137 e. The highest BCUT2D eigenvalue weighted by atomic mass is 32.2. The minimum Gasteiger partial charge on any atom is -0.389 e. The number of nitrogens with zero attached hydrogens (tertiary/aromatic N) is 1. The van der Waals surface area contributed by atoms with Gasteiger partial charge in [0, 0.05) is 23.7 Å². The number of rotatable bonds is 7. The smallest absolute Gasteiger partial charge is 0.137 e. The van der Waals surface area contributed by atoms with Gasteiger partial charge in [-0.1, -0.05) is 24.4 Å². The summed E-state index contributed by atoms with van der Waals surface area (Å²) in [6.07, 6.45) is 3.19. The van der Waals surface area contributed by atoms with Crippen molar-refractivity contribution in [1.82, 2.24) is 4.90 Å². The van der Waals surface area contributed by atoms with Crippen LogP contribution in [0.25, 0.3) is 0 Å². The average Bonchev–Trinajstić information content (AvgIpc) is 2.37. The Morgan fingerprint density at radius 3 is 2.79 bits per heavy atom. The summed E-state index contributed by atoms with van der Waals surface area (Å²) in [5.41, 5.74) is 6.49. The van der Waals surface area contributed by atoms with Crippen molar-refractivity contribution in [2.75, 3.05) is 19.1 Å². The van der Waals surface area contributed by atoms with Crippen molar-refractivity contribution >= 4 is 29.0 Å². The van der Waals surface area contributed by atoms with Crippen LogP contribution in [0.4, 0.5) is 4.39 Å². The topological polar surface area (TPSA) is 29.3 Å². The zero-order chi connectivity index (χ0) is 14.4. The second-order valence-corrected chi connectivity index (χ2v) is 6.11. The fourth-order valence-electron chi connectivity index (χ4n) is 1.83. The van der Waals surface area contributed by atoms with E-state index in [0.717, 1.165) is 12.2 Å². The Balaban J connectivity index is 2.76. The van der Waals surface area contributed by atoms with Crippen LogP contribution in [-0.2, 0) is 6.54 Å². The third-order valence-electron chi connectivity index (χ3n) is 3.26. The summed E-state index contributed by atoms with van der Waals surface area (Å²) in [6.45, 7) is 2.73. The van der Waals surface area contributed by atoms with Gasteiger partial charge in [0.15, 0.2) is 0 Å². The van der Waals surface area contributed by atoms with E-state index in [4.69, 9.17) is 18.0 Å². The van der Waals surface area contributed by atoms with Gasteiger partial charge < -0.3 is 5.73 Å². The molecule has 0 aromatic heterocycles. The van der Waals surface area contributed by atoms with Crippen LogP contribution in [-0.4, -0.2) is 35.0 Å². The summed E-state index contributed by atoms with van der Waals surface area (Å²) >= 11 is 6.68. The SMILES string of the molecule is CSCCC(C)N(C)Cc1cccc(C(N)=S)c1F. The van der Waals surface area contributed by atoms with Gasteiger partial charge in [-0.2, -0.15) is 11.8 Å². The van der Waals surface area contributed by atoms with Crippen LogP contribution in [0.3, 0.4) is 0 Å². The Hall–Kier alpha value is -0.650. The molecule has 1 unspecified atom stereocenters. The standard InChI is InChI=1S/C14H21FN2S2/c1-10(7-8-19-3)17(2)9-11-5-4-6-12(13(11)15)14(16)18/h4-6,10H,7-9H2,1-3H3,(H2,16,18). The van der Waals surface area contributed by atoms with Crippen molar-refractivity contribution in [3.8, 4) is 0 Å². The fraction of sp³-hybridized carbons (Fsp3) is 0.500. The van der Waals surface area contributed by atoms with Gasteiger partial charge in [-0.05, 0) is 38.5 Å². The Bertz CT molecular complexity index is 437. The quantitative estimate of drug-likeness (QED) is 0.784. The molecule has 0 heterocycles. The Kier molecular flexibility index (Phi) is 6.75. The van der Waals surface area contributed by atoms with Gasteiger partial charge in [0.2, 0.25) is 0 Å². The van der Waals surface area contributed by atoms with Crippen LogP contribution >= 0.6 is 24.0 Å². The molecule has 1 aromatic rings. The molecule has 1 atom stereocenters. The van der Waals surface area contributed by atoms with Crippen LogP contribution in [0.1, 0.15) is 24.5 Å². The molecule has 1 aromatic carbocycles. The Labute approximate surface area is 124 Å². The number of thioether (sulfide) groups is 1. The molecular weight excluding hydrogens is 279 g/mol. The molecule has 0 saturated heterocycles. The third-order valence-corrected chi connectivity index (χ3v) is 4.12. The summed E-state index contributed by atoms with van der Waals surface area (Å²) in [5, 5.41) is 0. The minimum absolute atomic E-state index is 0.109. The van der Waals surface area contributed by atoms with Crippen molar-refractivity contribution in [3.63, 3.8) is 0 Å². The minimum atomic E-state index is -0.293. The van der Waals surface area contributed by atoms with Gasteiger partial charge in [0.25, 0.3) is 0 Å². The van der Waals surface area contributed by atoms with Gasteiger partial charge >= 0.3 is 0 Å². The molecule has 0 spiro atoms. The first-order chi connectivity index (χ1) is 8.97. The van der Waals surface area contributed by atoms with Crippen LogP contribution in [0.15, 0.2) is 18.2 Å². The van der Waals surface area contributed by atoms with Gasteiger partial charge in [0.1, 0.15) is 10.8 Å². The molecule has 1 rings (SSSR count). The van der Waals surface area contributed by atoms with Crippen LogP contribution < -0.4 is 5.73 Å². The first-order valence-corrected chi connectivity index (χ1v) is 8.04. The number of thiocarbonyl (C=S) groups is 1. The third kappa shape index (κ3) is 4.75. The lowest BCUT2D eigenvalue weighted by molar-refractivity contribution is 0.242. The zero-order valence-corrected chi connectivity index (χ0v) is 13.3. The van der Waals surface area contributed by atoms with E-state index in [0.29, 0.717) is 23.7 Å². The summed E-state index contributed by atoms with van der Waals surface area (Å²) in [6, 6.07) is 5.63. The van der Waals surface area contributed by atoms with Gasteiger partial charge in [-0.15, -0.1) is 0 Å². The monoisotopic (exact) mass is 300 g/mol. The number of benzene rings is 1. The molecular formula is C14H21FN2S2. The first-order valence-electron chi connectivity index (χ1n) is 6.23. The summed E-state index contributed by atoms with van der Waals surface area (Å²) in [7, 11) is 2.01. The van der Waals surface area contributed by atoms with Crippen LogP contribution in [0.5, 0.6) is 0 Å². The van der Waals surface area contributed by atoms with Gasteiger partial charge in [-0.25, -0.2) is 4.39 Å². The molecule has 0 amide bonds. The van der Waals surface area contributed by atoms with Crippen molar-refractivity contribution in [2.45, 2.75) is 25.9 Å².